The molecule has 5 nitrogen and oxygen atoms in total. The van der Waals surface area contributed by atoms with E-state index in [0.29, 0.717) is 25.7 Å². The Morgan fingerprint density at radius 3 is 1.50 bits per heavy atom. The van der Waals surface area contributed by atoms with Gasteiger partial charge in [-0.3, -0.25) is 14.9 Å². The van der Waals surface area contributed by atoms with Crippen molar-refractivity contribution in [3.8, 4) is 0 Å². The molecule has 2 atom stereocenters. The van der Waals surface area contributed by atoms with E-state index in [-0.39, 0.29) is 12.4 Å². The first-order chi connectivity index (χ1) is 6.92. The van der Waals surface area contributed by atoms with Crippen LogP contribution in [0.1, 0.15) is 39.5 Å². The molecule has 94 valence electrons. The van der Waals surface area contributed by atoms with Crippen LogP contribution in [0.4, 0.5) is 0 Å². The van der Waals surface area contributed by atoms with Gasteiger partial charge < -0.3 is 10.2 Å². The average molecular weight is 252 g/mol. The number of nitrogens with one attached hydrogen (secondary N) is 1. The topological polar surface area (TPSA) is 86.6 Å². The van der Waals surface area contributed by atoms with Gasteiger partial charge in [0.2, 0.25) is 0 Å². The summed E-state index contributed by atoms with van der Waals surface area (Å²) < 4.78 is 0. The maximum Gasteiger partial charge on any atom is 0.323 e. The number of rotatable bonds is 4. The molecule has 0 saturated carbocycles. The Morgan fingerprint density at radius 2 is 1.38 bits per heavy atom. The van der Waals surface area contributed by atoms with Crippen molar-refractivity contribution in [1.82, 2.24) is 5.32 Å². The van der Waals surface area contributed by atoms with Crippen LogP contribution >= 0.6 is 12.4 Å². The van der Waals surface area contributed by atoms with Gasteiger partial charge >= 0.3 is 11.9 Å². The highest BCUT2D eigenvalue weighted by atomic mass is 35.5. The van der Waals surface area contributed by atoms with Gasteiger partial charge in [-0.15, -0.1) is 12.4 Å². The molecule has 0 spiro atoms. The molecule has 0 unspecified atom stereocenters. The van der Waals surface area contributed by atoms with Crippen LogP contribution in [0.15, 0.2) is 0 Å². The first-order valence-corrected chi connectivity index (χ1v) is 5.18. The molecule has 1 aliphatic heterocycles. The van der Waals surface area contributed by atoms with Gasteiger partial charge in [0.15, 0.2) is 0 Å². The standard InChI is InChI=1S/C10H17NO4.ClH/c1-3-9(7(12)13)5-6-10(4-2,11-9)8(14)15;/h11H,3-6H2,1-2H3,(H,12,13)(H,14,15);1H/t9-,10+;. The quantitative estimate of drug-likeness (QED) is 0.700. The van der Waals surface area contributed by atoms with E-state index in [2.05, 4.69) is 5.32 Å². The molecule has 0 aromatic rings. The monoisotopic (exact) mass is 251 g/mol. The number of aliphatic carboxylic acids is 2. The zero-order chi connectivity index (χ0) is 11.7. The van der Waals surface area contributed by atoms with Gasteiger partial charge in [0.25, 0.3) is 0 Å². The van der Waals surface area contributed by atoms with Crippen LogP contribution < -0.4 is 5.32 Å². The minimum Gasteiger partial charge on any atom is -0.480 e. The lowest BCUT2D eigenvalue weighted by Crippen LogP contribution is -2.57. The Bertz CT molecular complexity index is 269. The van der Waals surface area contributed by atoms with Crippen LogP contribution in [0, 0.1) is 0 Å². The van der Waals surface area contributed by atoms with Crippen LogP contribution in [0.3, 0.4) is 0 Å². The van der Waals surface area contributed by atoms with Gasteiger partial charge in [0.1, 0.15) is 11.1 Å². The van der Waals surface area contributed by atoms with E-state index in [1.54, 1.807) is 13.8 Å². The van der Waals surface area contributed by atoms with E-state index >= 15 is 0 Å². The van der Waals surface area contributed by atoms with Crippen LogP contribution in [0.5, 0.6) is 0 Å². The molecule has 1 heterocycles. The zero-order valence-corrected chi connectivity index (χ0v) is 10.3. The van der Waals surface area contributed by atoms with Crippen molar-refractivity contribution in [3.63, 3.8) is 0 Å². The lowest BCUT2D eigenvalue weighted by atomic mass is 9.93. The number of hydrogen-bond donors (Lipinski definition) is 3. The summed E-state index contributed by atoms with van der Waals surface area (Å²) >= 11 is 0. The van der Waals surface area contributed by atoms with Gasteiger partial charge in [-0.25, -0.2) is 0 Å². The zero-order valence-electron chi connectivity index (χ0n) is 9.45. The van der Waals surface area contributed by atoms with Crippen LogP contribution in [0.2, 0.25) is 0 Å². The first kappa shape index (κ1) is 15.2. The highest BCUT2D eigenvalue weighted by molar-refractivity contribution is 5.85. The summed E-state index contributed by atoms with van der Waals surface area (Å²) in [4.78, 5) is 22.3. The Morgan fingerprint density at radius 1 is 1.06 bits per heavy atom. The smallest absolute Gasteiger partial charge is 0.323 e. The molecule has 6 heteroatoms. The minimum absolute atomic E-state index is 0. The van der Waals surface area contributed by atoms with Crippen molar-refractivity contribution < 1.29 is 19.8 Å². The summed E-state index contributed by atoms with van der Waals surface area (Å²) in [5.74, 6) is -1.91. The average Bonchev–Trinajstić information content (AvgIpc) is 2.59. The van der Waals surface area contributed by atoms with Gasteiger partial charge in [0, 0.05) is 0 Å². The summed E-state index contributed by atoms with van der Waals surface area (Å²) in [7, 11) is 0. The lowest BCUT2D eigenvalue weighted by molar-refractivity contribution is -0.147. The number of carboxylic acid groups (broad SMARTS) is 2. The van der Waals surface area contributed by atoms with E-state index in [0.717, 1.165) is 0 Å². The molecule has 1 fully saturated rings. The van der Waals surface area contributed by atoms with Crippen molar-refractivity contribution >= 4 is 24.3 Å². The van der Waals surface area contributed by atoms with Crippen molar-refractivity contribution in [3.05, 3.63) is 0 Å². The summed E-state index contributed by atoms with van der Waals surface area (Å²) in [6, 6.07) is 0. The Hall–Kier alpha value is -0.810. The van der Waals surface area contributed by atoms with E-state index in [9.17, 15) is 9.59 Å². The molecule has 0 amide bonds. The maximum atomic E-state index is 11.1. The van der Waals surface area contributed by atoms with Crippen molar-refractivity contribution in [2.75, 3.05) is 0 Å². The number of carboxylic acids is 2. The first-order valence-electron chi connectivity index (χ1n) is 5.18. The fourth-order valence-corrected chi connectivity index (χ4v) is 2.16. The molecule has 1 aliphatic rings. The third kappa shape index (κ3) is 2.15. The SMILES string of the molecule is CC[C@]1(C(=O)O)CC[C@@](CC)(C(=O)O)N1.Cl. The van der Waals surface area contributed by atoms with Gasteiger partial charge in [-0.05, 0) is 25.7 Å². The van der Waals surface area contributed by atoms with E-state index in [4.69, 9.17) is 10.2 Å². The minimum atomic E-state index is -1.06. The number of carbonyl (C=O) groups is 2. The van der Waals surface area contributed by atoms with Crippen molar-refractivity contribution in [2.45, 2.75) is 50.6 Å². The summed E-state index contributed by atoms with van der Waals surface area (Å²) in [5, 5.41) is 21.1. The third-order valence-electron chi connectivity index (χ3n) is 3.48. The highest BCUT2D eigenvalue weighted by Crippen LogP contribution is 2.35. The normalized spacial score (nSPS) is 33.1. The third-order valence-corrected chi connectivity index (χ3v) is 3.48. The molecule has 1 saturated heterocycles. The number of hydrogen-bond acceptors (Lipinski definition) is 3. The number of halogens is 1. The van der Waals surface area contributed by atoms with Gasteiger partial charge in [-0.1, -0.05) is 13.8 Å². The summed E-state index contributed by atoms with van der Waals surface area (Å²) in [5.41, 5.74) is -2.12. The van der Waals surface area contributed by atoms with Crippen LogP contribution in [-0.4, -0.2) is 33.2 Å². The molecule has 0 bridgehead atoms. The lowest BCUT2D eigenvalue weighted by Gasteiger charge is -2.29. The molecular weight excluding hydrogens is 234 g/mol. The van der Waals surface area contributed by atoms with Crippen molar-refractivity contribution in [2.24, 2.45) is 0 Å². The van der Waals surface area contributed by atoms with Gasteiger partial charge in [-0.2, -0.15) is 0 Å². The second kappa shape index (κ2) is 5.01. The molecule has 0 aromatic heterocycles. The second-order valence-electron chi connectivity index (χ2n) is 4.11. The molecule has 1 rings (SSSR count). The van der Waals surface area contributed by atoms with Crippen LogP contribution in [0.25, 0.3) is 0 Å². The molecule has 16 heavy (non-hydrogen) atoms. The van der Waals surface area contributed by atoms with Gasteiger partial charge in [0.05, 0.1) is 0 Å². The molecule has 0 aromatic carbocycles. The molecule has 3 N–H and O–H groups in total. The molecule has 0 radical (unpaired) electrons. The predicted octanol–water partition coefficient (Wildman–Crippen LogP) is 1.26. The predicted molar refractivity (Wildman–Crippen MR) is 60.9 cm³/mol. The van der Waals surface area contributed by atoms with Crippen molar-refractivity contribution in [1.29, 1.82) is 0 Å². The Labute approximate surface area is 101 Å². The van der Waals surface area contributed by atoms with E-state index in [1.165, 1.54) is 0 Å². The fraction of sp³-hybridized carbons (Fsp3) is 0.800. The molecular formula is C10H18ClNO4. The summed E-state index contributed by atoms with van der Waals surface area (Å²) in [6.07, 6.45) is 1.55. The molecule has 0 aliphatic carbocycles. The van der Waals surface area contributed by atoms with Crippen LogP contribution in [-0.2, 0) is 9.59 Å². The Kier molecular flexibility index (Phi) is 4.76. The Balaban J connectivity index is 0.00000225. The van der Waals surface area contributed by atoms with E-state index in [1.807, 2.05) is 0 Å². The fourth-order valence-electron chi connectivity index (χ4n) is 2.16. The highest BCUT2D eigenvalue weighted by Gasteiger charge is 2.53. The summed E-state index contributed by atoms with van der Waals surface area (Å²) in [6.45, 7) is 3.52. The van der Waals surface area contributed by atoms with E-state index < -0.39 is 23.0 Å². The largest absolute Gasteiger partial charge is 0.480 e. The maximum absolute atomic E-state index is 11.1. The second-order valence-corrected chi connectivity index (χ2v) is 4.11.